The first-order valence-corrected chi connectivity index (χ1v) is 6.88. The Balaban J connectivity index is 2.28. The molecule has 3 N–H and O–H groups in total. The van der Waals surface area contributed by atoms with Crippen molar-refractivity contribution in [2.45, 2.75) is 11.4 Å². The molecule has 0 aliphatic carbocycles. The topological polar surface area (TPSA) is 112 Å². The minimum absolute atomic E-state index is 0.0877. The Bertz CT molecular complexity index is 728. The van der Waals surface area contributed by atoms with Gasteiger partial charge in [0.2, 0.25) is 10.0 Å². The van der Waals surface area contributed by atoms with Gasteiger partial charge in [0.05, 0.1) is 11.8 Å². The number of carboxylic acid groups (broad SMARTS) is 1. The van der Waals surface area contributed by atoms with Crippen LogP contribution in [0.3, 0.4) is 0 Å². The molecule has 0 spiro atoms. The van der Waals surface area contributed by atoms with E-state index in [0.29, 0.717) is 5.56 Å². The first-order chi connectivity index (χ1) is 9.40. The summed E-state index contributed by atoms with van der Waals surface area (Å²) in [6.45, 7) is -0.0877. The van der Waals surface area contributed by atoms with Crippen molar-refractivity contribution in [3.8, 4) is 0 Å². The van der Waals surface area contributed by atoms with E-state index in [9.17, 15) is 17.6 Å². The fourth-order valence-corrected chi connectivity index (χ4v) is 2.59. The summed E-state index contributed by atoms with van der Waals surface area (Å²) in [5.41, 5.74) is 0.249. The highest BCUT2D eigenvalue weighted by molar-refractivity contribution is 7.89. The summed E-state index contributed by atoms with van der Waals surface area (Å²) < 4.78 is 39.6. The van der Waals surface area contributed by atoms with Crippen molar-refractivity contribution in [2.24, 2.45) is 0 Å². The highest BCUT2D eigenvalue weighted by atomic mass is 32.2. The minimum Gasteiger partial charge on any atom is -0.478 e. The lowest BCUT2D eigenvalue weighted by atomic mass is 10.2. The number of nitrogens with zero attached hydrogens (tertiary/aromatic N) is 1. The number of benzene rings is 1. The number of carbonyl (C=O) groups is 1. The number of hydrogen-bond donors (Lipinski definition) is 3. The maximum Gasteiger partial charge on any atom is 0.335 e. The summed E-state index contributed by atoms with van der Waals surface area (Å²) in [7, 11) is -4.15. The average molecular weight is 299 g/mol. The van der Waals surface area contributed by atoms with E-state index in [1.165, 1.54) is 12.4 Å². The minimum atomic E-state index is -4.15. The number of rotatable bonds is 5. The fraction of sp³-hybridized carbons (Fsp3) is 0.0909. The second-order valence-corrected chi connectivity index (χ2v) is 5.62. The molecule has 0 amide bonds. The van der Waals surface area contributed by atoms with E-state index in [4.69, 9.17) is 5.11 Å². The van der Waals surface area contributed by atoms with Gasteiger partial charge in [0, 0.05) is 18.3 Å². The molecule has 1 heterocycles. The van der Waals surface area contributed by atoms with Gasteiger partial charge in [-0.3, -0.25) is 5.10 Å². The fourth-order valence-electron chi connectivity index (χ4n) is 1.47. The summed E-state index contributed by atoms with van der Waals surface area (Å²) in [5, 5.41) is 14.9. The van der Waals surface area contributed by atoms with E-state index in [-0.39, 0.29) is 12.1 Å². The first kappa shape index (κ1) is 14.2. The van der Waals surface area contributed by atoms with E-state index in [1.54, 1.807) is 0 Å². The van der Waals surface area contributed by atoms with Crippen molar-refractivity contribution in [3.05, 3.63) is 47.5 Å². The molecular weight excluding hydrogens is 289 g/mol. The zero-order valence-electron chi connectivity index (χ0n) is 10.00. The standard InChI is InChI=1S/C11H10FN3O4S/c12-9-2-1-8(11(16)17)3-10(9)20(18,19)15-6-7-4-13-14-5-7/h1-5,15H,6H2,(H,13,14)(H,16,17). The SMILES string of the molecule is O=C(O)c1ccc(F)c(S(=O)(=O)NCc2cn[nH]c2)c1. The third-order valence-corrected chi connectivity index (χ3v) is 3.91. The maximum atomic E-state index is 13.6. The van der Waals surface area contributed by atoms with Crippen molar-refractivity contribution >= 4 is 16.0 Å². The van der Waals surface area contributed by atoms with E-state index < -0.39 is 26.7 Å². The third-order valence-electron chi connectivity index (χ3n) is 2.49. The van der Waals surface area contributed by atoms with Crippen LogP contribution < -0.4 is 4.72 Å². The molecule has 20 heavy (non-hydrogen) atoms. The lowest BCUT2D eigenvalue weighted by Crippen LogP contribution is -2.24. The number of aromatic carboxylic acids is 1. The maximum absolute atomic E-state index is 13.6. The van der Waals surface area contributed by atoms with Crippen LogP contribution in [0.15, 0.2) is 35.5 Å². The van der Waals surface area contributed by atoms with Gasteiger partial charge in [0.1, 0.15) is 10.7 Å². The van der Waals surface area contributed by atoms with Crippen LogP contribution in [0.25, 0.3) is 0 Å². The zero-order chi connectivity index (χ0) is 14.8. The normalized spacial score (nSPS) is 11.4. The molecule has 0 atom stereocenters. The molecule has 9 heteroatoms. The second-order valence-electron chi connectivity index (χ2n) is 3.88. The third kappa shape index (κ3) is 3.00. The van der Waals surface area contributed by atoms with Gasteiger partial charge < -0.3 is 5.11 Å². The van der Waals surface area contributed by atoms with Gasteiger partial charge in [-0.25, -0.2) is 22.3 Å². The van der Waals surface area contributed by atoms with Crippen LogP contribution in [-0.2, 0) is 16.6 Å². The van der Waals surface area contributed by atoms with Crippen molar-refractivity contribution in [2.75, 3.05) is 0 Å². The Kier molecular flexibility index (Phi) is 3.81. The lowest BCUT2D eigenvalue weighted by Gasteiger charge is -2.07. The van der Waals surface area contributed by atoms with Gasteiger partial charge in [-0.05, 0) is 18.2 Å². The lowest BCUT2D eigenvalue weighted by molar-refractivity contribution is 0.0696. The highest BCUT2D eigenvalue weighted by Gasteiger charge is 2.21. The van der Waals surface area contributed by atoms with Crippen LogP contribution in [0.5, 0.6) is 0 Å². The van der Waals surface area contributed by atoms with Crippen LogP contribution in [-0.4, -0.2) is 29.7 Å². The number of aromatic amines is 1. The first-order valence-electron chi connectivity index (χ1n) is 5.40. The zero-order valence-corrected chi connectivity index (χ0v) is 10.8. The summed E-state index contributed by atoms with van der Waals surface area (Å²) in [6, 6.07) is 2.57. The summed E-state index contributed by atoms with van der Waals surface area (Å²) in [5.74, 6) is -2.36. The van der Waals surface area contributed by atoms with Crippen molar-refractivity contribution in [3.63, 3.8) is 0 Å². The van der Waals surface area contributed by atoms with Crippen molar-refractivity contribution < 1.29 is 22.7 Å². The largest absolute Gasteiger partial charge is 0.478 e. The molecule has 0 saturated heterocycles. The number of halogens is 1. The van der Waals surface area contributed by atoms with Gasteiger partial charge in [-0.1, -0.05) is 0 Å². The Morgan fingerprint density at radius 1 is 1.45 bits per heavy atom. The number of H-pyrrole nitrogens is 1. The Morgan fingerprint density at radius 2 is 2.20 bits per heavy atom. The average Bonchev–Trinajstić information content (AvgIpc) is 2.89. The molecule has 1 aromatic heterocycles. The summed E-state index contributed by atoms with van der Waals surface area (Å²) in [4.78, 5) is 10.1. The number of aromatic nitrogens is 2. The molecule has 0 saturated carbocycles. The van der Waals surface area contributed by atoms with Crippen LogP contribution in [0, 0.1) is 5.82 Å². The summed E-state index contributed by atoms with van der Waals surface area (Å²) in [6.07, 6.45) is 2.89. The highest BCUT2D eigenvalue weighted by Crippen LogP contribution is 2.16. The smallest absolute Gasteiger partial charge is 0.335 e. The summed E-state index contributed by atoms with van der Waals surface area (Å²) >= 11 is 0. The molecule has 2 aromatic rings. The molecule has 0 bridgehead atoms. The van der Waals surface area contributed by atoms with Crippen LogP contribution in [0.1, 0.15) is 15.9 Å². The van der Waals surface area contributed by atoms with Crippen molar-refractivity contribution in [1.29, 1.82) is 0 Å². The van der Waals surface area contributed by atoms with Crippen molar-refractivity contribution in [1.82, 2.24) is 14.9 Å². The van der Waals surface area contributed by atoms with E-state index in [0.717, 1.165) is 18.2 Å². The van der Waals surface area contributed by atoms with E-state index in [2.05, 4.69) is 14.9 Å². The Hall–Kier alpha value is -2.26. The van der Waals surface area contributed by atoms with Crippen LogP contribution in [0.4, 0.5) is 4.39 Å². The molecule has 0 aliphatic rings. The van der Waals surface area contributed by atoms with Gasteiger partial charge in [-0.15, -0.1) is 0 Å². The van der Waals surface area contributed by atoms with Gasteiger partial charge in [0.25, 0.3) is 0 Å². The number of nitrogens with one attached hydrogen (secondary N) is 2. The number of carboxylic acids is 1. The van der Waals surface area contributed by atoms with Gasteiger partial charge >= 0.3 is 5.97 Å². The second kappa shape index (κ2) is 5.39. The molecule has 106 valence electrons. The molecule has 0 unspecified atom stereocenters. The van der Waals surface area contributed by atoms with Crippen LogP contribution in [0.2, 0.25) is 0 Å². The predicted molar refractivity (Wildman–Crippen MR) is 66.0 cm³/mol. The molecule has 7 nitrogen and oxygen atoms in total. The monoisotopic (exact) mass is 299 g/mol. The predicted octanol–water partition coefficient (Wildman–Crippen LogP) is 0.725. The van der Waals surface area contributed by atoms with E-state index >= 15 is 0 Å². The quantitative estimate of drug-likeness (QED) is 0.753. The molecule has 0 aliphatic heterocycles. The van der Waals surface area contributed by atoms with Crippen LogP contribution >= 0.6 is 0 Å². The molecule has 1 aromatic carbocycles. The Labute approximate surface area is 113 Å². The molecule has 2 rings (SSSR count). The molecule has 0 radical (unpaired) electrons. The van der Waals surface area contributed by atoms with Gasteiger partial charge in [-0.2, -0.15) is 5.10 Å². The van der Waals surface area contributed by atoms with E-state index in [1.807, 2.05) is 0 Å². The molecule has 0 fully saturated rings. The Morgan fingerprint density at radius 3 is 2.80 bits per heavy atom. The number of sulfonamides is 1. The van der Waals surface area contributed by atoms with Gasteiger partial charge in [0.15, 0.2) is 0 Å². The number of hydrogen-bond acceptors (Lipinski definition) is 4. The molecular formula is C11H10FN3O4S.